The fourth-order valence-corrected chi connectivity index (χ4v) is 4.92. The third-order valence-electron chi connectivity index (χ3n) is 4.54. The number of hydrogen-bond donors (Lipinski definition) is 1. The van der Waals surface area contributed by atoms with Crippen LogP contribution in [0.2, 0.25) is 0 Å². The number of amides is 2. The second-order valence-electron chi connectivity index (χ2n) is 6.69. The van der Waals surface area contributed by atoms with Crippen LogP contribution >= 0.6 is 0 Å². The van der Waals surface area contributed by atoms with E-state index in [0.717, 1.165) is 15.6 Å². The van der Waals surface area contributed by atoms with Gasteiger partial charge in [0.2, 0.25) is 15.9 Å². The molecule has 0 bridgehead atoms. The SMILES string of the molecule is COc1cccc(CCNC(=O)c2cccc(N3C(=O)[C@H](C)CS3(=O)=O)c2)c1. The van der Waals surface area contributed by atoms with Gasteiger partial charge in [0.15, 0.2) is 0 Å². The van der Waals surface area contributed by atoms with Gasteiger partial charge in [0.1, 0.15) is 5.75 Å². The molecule has 1 heterocycles. The van der Waals surface area contributed by atoms with Crippen LogP contribution in [0.1, 0.15) is 22.8 Å². The first-order chi connectivity index (χ1) is 13.3. The summed E-state index contributed by atoms with van der Waals surface area (Å²) in [6.07, 6.45) is 0.624. The summed E-state index contributed by atoms with van der Waals surface area (Å²) < 4.78 is 30.5. The van der Waals surface area contributed by atoms with E-state index in [9.17, 15) is 18.0 Å². The molecule has 0 radical (unpaired) electrons. The molecule has 1 aliphatic heterocycles. The lowest BCUT2D eigenvalue weighted by Crippen LogP contribution is -2.31. The zero-order valence-corrected chi connectivity index (χ0v) is 16.5. The summed E-state index contributed by atoms with van der Waals surface area (Å²) in [5.41, 5.74) is 1.51. The van der Waals surface area contributed by atoms with Crippen LogP contribution in [0.4, 0.5) is 5.69 Å². The highest BCUT2D eigenvalue weighted by atomic mass is 32.2. The number of ether oxygens (including phenoxy) is 1. The van der Waals surface area contributed by atoms with Gasteiger partial charge in [0.25, 0.3) is 5.91 Å². The van der Waals surface area contributed by atoms with Crippen molar-refractivity contribution in [2.24, 2.45) is 5.92 Å². The fraction of sp³-hybridized carbons (Fsp3) is 0.300. The maximum absolute atomic E-state index is 12.4. The van der Waals surface area contributed by atoms with E-state index in [2.05, 4.69) is 5.32 Å². The van der Waals surface area contributed by atoms with Crippen LogP contribution < -0.4 is 14.4 Å². The second kappa shape index (κ2) is 8.02. The lowest BCUT2D eigenvalue weighted by Gasteiger charge is -2.16. The van der Waals surface area contributed by atoms with Crippen LogP contribution in [0, 0.1) is 5.92 Å². The first-order valence-electron chi connectivity index (χ1n) is 8.90. The molecule has 0 saturated carbocycles. The standard InChI is InChI=1S/C20H22N2O5S/c1-14-13-28(25,26)22(20(14)24)17-7-4-6-16(12-17)19(23)21-10-9-15-5-3-8-18(11-15)27-2/h3-8,11-12,14H,9-10,13H2,1-2H3,(H,21,23)/t14-/m1/s1. The molecule has 2 amide bonds. The van der Waals surface area contributed by atoms with Gasteiger partial charge in [-0.2, -0.15) is 0 Å². The Hall–Kier alpha value is -2.87. The number of nitrogens with one attached hydrogen (secondary N) is 1. The molecule has 8 heteroatoms. The monoisotopic (exact) mass is 402 g/mol. The summed E-state index contributed by atoms with van der Waals surface area (Å²) in [7, 11) is -2.10. The Balaban J connectivity index is 1.68. The van der Waals surface area contributed by atoms with Crippen LogP contribution in [0.15, 0.2) is 48.5 Å². The molecule has 7 nitrogen and oxygen atoms in total. The van der Waals surface area contributed by atoms with Crippen LogP contribution in [-0.4, -0.2) is 39.6 Å². The average Bonchev–Trinajstić information content (AvgIpc) is 2.88. The third-order valence-corrected chi connectivity index (χ3v) is 6.41. The Morgan fingerprint density at radius 2 is 1.96 bits per heavy atom. The zero-order chi connectivity index (χ0) is 20.3. The third kappa shape index (κ3) is 4.17. The molecule has 148 valence electrons. The minimum atomic E-state index is -3.70. The van der Waals surface area contributed by atoms with E-state index in [4.69, 9.17) is 4.74 Å². The molecule has 3 rings (SSSR count). The van der Waals surface area contributed by atoms with E-state index in [1.807, 2.05) is 24.3 Å². The van der Waals surface area contributed by atoms with Crippen molar-refractivity contribution in [2.75, 3.05) is 23.7 Å². The van der Waals surface area contributed by atoms with E-state index in [1.54, 1.807) is 26.2 Å². The summed E-state index contributed by atoms with van der Waals surface area (Å²) in [6, 6.07) is 13.7. The molecule has 1 atom stereocenters. The molecule has 1 aliphatic rings. The number of carbonyl (C=O) groups is 2. The summed E-state index contributed by atoms with van der Waals surface area (Å²) >= 11 is 0. The van der Waals surface area contributed by atoms with Crippen molar-refractivity contribution in [1.82, 2.24) is 5.32 Å². The molecule has 0 aromatic heterocycles. The normalized spacial score (nSPS) is 18.1. The van der Waals surface area contributed by atoms with E-state index in [1.165, 1.54) is 12.1 Å². The van der Waals surface area contributed by atoms with Crippen molar-refractivity contribution in [2.45, 2.75) is 13.3 Å². The van der Waals surface area contributed by atoms with E-state index in [-0.39, 0.29) is 17.3 Å². The Labute approximate surface area is 164 Å². The topological polar surface area (TPSA) is 92.8 Å². The minimum absolute atomic E-state index is 0.190. The van der Waals surface area contributed by atoms with Crippen molar-refractivity contribution >= 4 is 27.5 Å². The smallest absolute Gasteiger partial charge is 0.251 e. The van der Waals surface area contributed by atoms with Crippen molar-refractivity contribution < 1.29 is 22.7 Å². The Bertz CT molecular complexity index is 1000. The fourth-order valence-electron chi connectivity index (χ4n) is 3.11. The summed E-state index contributed by atoms with van der Waals surface area (Å²) in [5, 5.41) is 2.81. The maximum atomic E-state index is 12.4. The van der Waals surface area contributed by atoms with Gasteiger partial charge in [-0.25, -0.2) is 12.7 Å². The quantitative estimate of drug-likeness (QED) is 0.798. The van der Waals surface area contributed by atoms with Crippen LogP contribution in [0.3, 0.4) is 0 Å². The van der Waals surface area contributed by atoms with Crippen molar-refractivity contribution in [3.8, 4) is 5.75 Å². The highest BCUT2D eigenvalue weighted by molar-refractivity contribution is 7.94. The summed E-state index contributed by atoms with van der Waals surface area (Å²) in [5.74, 6) is -0.868. The van der Waals surface area contributed by atoms with Gasteiger partial charge in [-0.3, -0.25) is 9.59 Å². The van der Waals surface area contributed by atoms with E-state index < -0.39 is 21.8 Å². The highest BCUT2D eigenvalue weighted by Crippen LogP contribution is 2.28. The molecule has 0 spiro atoms. The van der Waals surface area contributed by atoms with Gasteiger partial charge in [0, 0.05) is 12.1 Å². The number of nitrogens with zero attached hydrogens (tertiary/aromatic N) is 1. The minimum Gasteiger partial charge on any atom is -0.497 e. The number of sulfonamides is 1. The van der Waals surface area contributed by atoms with Crippen LogP contribution in [-0.2, 0) is 21.2 Å². The van der Waals surface area contributed by atoms with Gasteiger partial charge in [0.05, 0.1) is 24.5 Å². The lowest BCUT2D eigenvalue weighted by atomic mass is 10.1. The Kier molecular flexibility index (Phi) is 5.69. The molecular weight excluding hydrogens is 380 g/mol. The summed E-state index contributed by atoms with van der Waals surface area (Å²) in [6.45, 7) is 1.99. The predicted octanol–water partition coefficient (Wildman–Crippen LogP) is 1.98. The Morgan fingerprint density at radius 3 is 2.64 bits per heavy atom. The van der Waals surface area contributed by atoms with Crippen LogP contribution in [0.5, 0.6) is 5.75 Å². The van der Waals surface area contributed by atoms with Gasteiger partial charge in [-0.1, -0.05) is 25.1 Å². The number of anilines is 1. The molecule has 2 aromatic rings. The van der Waals surface area contributed by atoms with Crippen molar-refractivity contribution in [3.63, 3.8) is 0 Å². The molecule has 0 aliphatic carbocycles. The summed E-state index contributed by atoms with van der Waals surface area (Å²) in [4.78, 5) is 24.7. The molecule has 1 N–H and O–H groups in total. The first kappa shape index (κ1) is 19.9. The number of hydrogen-bond acceptors (Lipinski definition) is 5. The largest absolute Gasteiger partial charge is 0.497 e. The first-order valence-corrected chi connectivity index (χ1v) is 10.5. The van der Waals surface area contributed by atoms with Gasteiger partial charge in [-0.15, -0.1) is 0 Å². The van der Waals surface area contributed by atoms with Crippen LogP contribution in [0.25, 0.3) is 0 Å². The van der Waals surface area contributed by atoms with E-state index >= 15 is 0 Å². The number of rotatable bonds is 6. The average molecular weight is 402 g/mol. The number of benzene rings is 2. The molecule has 0 unspecified atom stereocenters. The van der Waals surface area contributed by atoms with Gasteiger partial charge >= 0.3 is 0 Å². The number of carbonyl (C=O) groups excluding carboxylic acids is 2. The van der Waals surface area contributed by atoms with Crippen molar-refractivity contribution in [1.29, 1.82) is 0 Å². The molecular formula is C20H22N2O5S. The Morgan fingerprint density at radius 1 is 1.21 bits per heavy atom. The van der Waals surface area contributed by atoms with E-state index in [0.29, 0.717) is 18.5 Å². The predicted molar refractivity (Wildman–Crippen MR) is 106 cm³/mol. The molecule has 1 saturated heterocycles. The van der Waals surface area contributed by atoms with Gasteiger partial charge < -0.3 is 10.1 Å². The maximum Gasteiger partial charge on any atom is 0.251 e. The molecule has 2 aromatic carbocycles. The second-order valence-corrected chi connectivity index (χ2v) is 8.55. The van der Waals surface area contributed by atoms with Gasteiger partial charge in [-0.05, 0) is 42.3 Å². The highest BCUT2D eigenvalue weighted by Gasteiger charge is 2.42. The zero-order valence-electron chi connectivity index (χ0n) is 15.7. The molecule has 1 fully saturated rings. The lowest BCUT2D eigenvalue weighted by molar-refractivity contribution is -0.119. The molecule has 28 heavy (non-hydrogen) atoms. The number of methoxy groups -OCH3 is 1. The van der Waals surface area contributed by atoms with Crippen molar-refractivity contribution in [3.05, 3.63) is 59.7 Å².